The number of nitrogens with zero attached hydrogens (tertiary/aromatic N) is 1. The zero-order valence-corrected chi connectivity index (χ0v) is 9.37. The summed E-state index contributed by atoms with van der Waals surface area (Å²) in [4.78, 5) is 0. The van der Waals surface area contributed by atoms with Crippen molar-refractivity contribution in [2.45, 2.75) is 19.8 Å². The Morgan fingerprint density at radius 2 is 2.33 bits per heavy atom. The molecular formula is C11H14ClNO2. The molecule has 1 aromatic rings. The molecule has 0 aliphatic carbocycles. The van der Waals surface area contributed by atoms with Gasteiger partial charge in [-0.3, -0.25) is 0 Å². The summed E-state index contributed by atoms with van der Waals surface area (Å²) in [5.41, 5.74) is 0.669. The van der Waals surface area contributed by atoms with Crippen LogP contribution in [0.25, 0.3) is 0 Å². The fourth-order valence-electron chi connectivity index (χ4n) is 1.10. The van der Waals surface area contributed by atoms with Crippen LogP contribution in [-0.2, 0) is 0 Å². The molecule has 0 amide bonds. The molecule has 4 heteroatoms. The fourth-order valence-corrected chi connectivity index (χ4v) is 1.32. The van der Waals surface area contributed by atoms with E-state index in [1.54, 1.807) is 18.2 Å². The molecule has 15 heavy (non-hydrogen) atoms. The van der Waals surface area contributed by atoms with E-state index in [-0.39, 0.29) is 0 Å². The molecule has 0 aliphatic rings. The topological polar surface area (TPSA) is 41.8 Å². The zero-order chi connectivity index (χ0) is 11.1. The zero-order valence-electron chi connectivity index (χ0n) is 8.61. The van der Waals surface area contributed by atoms with Gasteiger partial charge in [0.1, 0.15) is 5.75 Å². The van der Waals surface area contributed by atoms with Crippen LogP contribution in [0.2, 0.25) is 5.02 Å². The van der Waals surface area contributed by atoms with Gasteiger partial charge in [0.2, 0.25) is 0 Å². The van der Waals surface area contributed by atoms with Crippen LogP contribution in [0.3, 0.4) is 0 Å². The van der Waals surface area contributed by atoms with Crippen molar-refractivity contribution >= 4 is 17.8 Å². The Labute approximate surface area is 94.3 Å². The van der Waals surface area contributed by atoms with E-state index in [1.807, 2.05) is 0 Å². The Bertz CT molecular complexity index is 339. The molecule has 0 radical (unpaired) electrons. The Morgan fingerprint density at radius 1 is 1.53 bits per heavy atom. The minimum Gasteiger partial charge on any atom is -0.494 e. The second-order valence-electron chi connectivity index (χ2n) is 3.13. The normalized spacial score (nSPS) is 10.8. The quantitative estimate of drug-likeness (QED) is 0.363. The number of hydrogen-bond acceptors (Lipinski definition) is 3. The Hall–Kier alpha value is -1.22. The van der Waals surface area contributed by atoms with Crippen molar-refractivity contribution < 1.29 is 9.94 Å². The van der Waals surface area contributed by atoms with E-state index in [9.17, 15) is 0 Å². The average Bonchev–Trinajstić information content (AvgIpc) is 2.23. The Balaban J connectivity index is 2.65. The van der Waals surface area contributed by atoms with Crippen LogP contribution >= 0.6 is 11.6 Å². The van der Waals surface area contributed by atoms with Crippen molar-refractivity contribution in [1.29, 1.82) is 0 Å². The smallest absolute Gasteiger partial charge is 0.120 e. The first-order valence-electron chi connectivity index (χ1n) is 4.87. The molecule has 0 spiro atoms. The van der Waals surface area contributed by atoms with E-state index < -0.39 is 0 Å². The highest BCUT2D eigenvalue weighted by Crippen LogP contribution is 2.21. The molecule has 1 rings (SSSR count). The van der Waals surface area contributed by atoms with Crippen molar-refractivity contribution in [2.75, 3.05) is 6.61 Å². The minimum absolute atomic E-state index is 0.516. The van der Waals surface area contributed by atoms with Crippen LogP contribution in [0.1, 0.15) is 25.3 Å². The van der Waals surface area contributed by atoms with Gasteiger partial charge >= 0.3 is 0 Å². The number of oxime groups is 1. The van der Waals surface area contributed by atoms with E-state index in [0.29, 0.717) is 17.2 Å². The van der Waals surface area contributed by atoms with Crippen molar-refractivity contribution in [2.24, 2.45) is 5.16 Å². The molecule has 0 heterocycles. The molecule has 0 saturated carbocycles. The van der Waals surface area contributed by atoms with Crippen molar-refractivity contribution in [3.63, 3.8) is 0 Å². The number of ether oxygens (including phenoxy) is 1. The van der Waals surface area contributed by atoms with E-state index in [1.165, 1.54) is 6.21 Å². The molecule has 82 valence electrons. The molecule has 0 aromatic heterocycles. The summed E-state index contributed by atoms with van der Waals surface area (Å²) in [5, 5.41) is 11.8. The number of unbranched alkanes of at least 4 members (excludes halogenated alkanes) is 1. The third-order valence-corrected chi connectivity index (χ3v) is 2.26. The van der Waals surface area contributed by atoms with Crippen LogP contribution in [0, 0.1) is 0 Å². The third kappa shape index (κ3) is 3.80. The average molecular weight is 228 g/mol. The summed E-state index contributed by atoms with van der Waals surface area (Å²) in [6.07, 6.45) is 3.42. The van der Waals surface area contributed by atoms with Gasteiger partial charge in [0, 0.05) is 5.56 Å². The van der Waals surface area contributed by atoms with E-state index in [0.717, 1.165) is 18.6 Å². The van der Waals surface area contributed by atoms with Crippen LogP contribution in [0.15, 0.2) is 23.4 Å². The maximum Gasteiger partial charge on any atom is 0.120 e. The summed E-state index contributed by atoms with van der Waals surface area (Å²) in [6, 6.07) is 5.27. The molecule has 0 fully saturated rings. The molecule has 0 atom stereocenters. The van der Waals surface area contributed by atoms with E-state index >= 15 is 0 Å². The lowest BCUT2D eigenvalue weighted by Gasteiger charge is -2.06. The van der Waals surface area contributed by atoms with Crippen molar-refractivity contribution in [3.8, 4) is 5.75 Å². The number of benzene rings is 1. The molecule has 1 aromatic carbocycles. The lowest BCUT2D eigenvalue weighted by molar-refractivity contribution is 0.309. The Kier molecular flexibility index (Phi) is 4.98. The van der Waals surface area contributed by atoms with Gasteiger partial charge in [-0.25, -0.2) is 0 Å². The van der Waals surface area contributed by atoms with E-state index in [4.69, 9.17) is 21.5 Å². The van der Waals surface area contributed by atoms with E-state index in [2.05, 4.69) is 12.1 Å². The third-order valence-electron chi connectivity index (χ3n) is 1.94. The van der Waals surface area contributed by atoms with Crippen molar-refractivity contribution in [1.82, 2.24) is 0 Å². The maximum atomic E-state index is 8.37. The number of halogens is 1. The molecule has 1 N–H and O–H groups in total. The SMILES string of the molecule is CCCCOc1ccc(C=NO)c(Cl)c1. The predicted octanol–water partition coefficient (Wildman–Crippen LogP) is 3.33. The molecule has 0 aliphatic heterocycles. The van der Waals surface area contributed by atoms with Gasteiger partial charge in [-0.05, 0) is 24.6 Å². The van der Waals surface area contributed by atoms with Gasteiger partial charge in [0.15, 0.2) is 0 Å². The monoisotopic (exact) mass is 227 g/mol. The number of hydrogen-bond donors (Lipinski definition) is 1. The van der Waals surface area contributed by atoms with Crippen LogP contribution in [0.5, 0.6) is 5.75 Å². The first kappa shape index (κ1) is 11.9. The van der Waals surface area contributed by atoms with Gasteiger partial charge in [-0.15, -0.1) is 0 Å². The summed E-state index contributed by atoms with van der Waals surface area (Å²) in [7, 11) is 0. The summed E-state index contributed by atoms with van der Waals surface area (Å²) < 4.78 is 5.47. The highest BCUT2D eigenvalue weighted by atomic mass is 35.5. The minimum atomic E-state index is 0.516. The van der Waals surface area contributed by atoms with Crippen LogP contribution < -0.4 is 4.74 Å². The molecule has 0 unspecified atom stereocenters. The summed E-state index contributed by atoms with van der Waals surface area (Å²) >= 11 is 5.94. The van der Waals surface area contributed by atoms with Gasteiger partial charge in [-0.1, -0.05) is 30.1 Å². The molecule has 3 nitrogen and oxygen atoms in total. The summed E-state index contributed by atoms with van der Waals surface area (Å²) in [6.45, 7) is 2.80. The molecule has 0 bridgehead atoms. The largest absolute Gasteiger partial charge is 0.494 e. The Morgan fingerprint density at radius 3 is 2.93 bits per heavy atom. The van der Waals surface area contributed by atoms with Crippen LogP contribution in [-0.4, -0.2) is 18.0 Å². The first-order chi connectivity index (χ1) is 7.27. The second kappa shape index (κ2) is 6.30. The lowest BCUT2D eigenvalue weighted by Crippen LogP contribution is -1.96. The van der Waals surface area contributed by atoms with Gasteiger partial charge in [0.05, 0.1) is 17.8 Å². The fraction of sp³-hybridized carbons (Fsp3) is 0.364. The maximum absolute atomic E-state index is 8.37. The lowest BCUT2D eigenvalue weighted by atomic mass is 10.2. The van der Waals surface area contributed by atoms with Gasteiger partial charge < -0.3 is 9.94 Å². The first-order valence-corrected chi connectivity index (χ1v) is 5.25. The molecule has 0 saturated heterocycles. The standard InChI is InChI=1S/C11H14ClNO2/c1-2-3-6-15-10-5-4-9(8-13-14)11(12)7-10/h4-5,7-8,14H,2-3,6H2,1H3. The predicted molar refractivity (Wildman–Crippen MR) is 61.2 cm³/mol. The molecular weight excluding hydrogens is 214 g/mol. The second-order valence-corrected chi connectivity index (χ2v) is 3.54. The number of rotatable bonds is 5. The highest BCUT2D eigenvalue weighted by molar-refractivity contribution is 6.33. The summed E-state index contributed by atoms with van der Waals surface area (Å²) in [5.74, 6) is 0.739. The van der Waals surface area contributed by atoms with Crippen molar-refractivity contribution in [3.05, 3.63) is 28.8 Å². The van der Waals surface area contributed by atoms with Gasteiger partial charge in [0.25, 0.3) is 0 Å². The van der Waals surface area contributed by atoms with Gasteiger partial charge in [-0.2, -0.15) is 0 Å². The van der Waals surface area contributed by atoms with Crippen LogP contribution in [0.4, 0.5) is 0 Å². The highest BCUT2D eigenvalue weighted by Gasteiger charge is 2.00.